The molecule has 0 spiro atoms. The van der Waals surface area contributed by atoms with Gasteiger partial charge in [-0.2, -0.15) is 0 Å². The van der Waals surface area contributed by atoms with E-state index in [0.29, 0.717) is 17.3 Å². The number of nitrogen functional groups attached to an aromatic ring is 1. The highest BCUT2D eigenvalue weighted by Crippen LogP contribution is 2.29. The summed E-state index contributed by atoms with van der Waals surface area (Å²) >= 11 is 0. The smallest absolute Gasteiger partial charge is 0.207 e. The second kappa shape index (κ2) is 3.81. The van der Waals surface area contributed by atoms with Crippen molar-refractivity contribution in [3.05, 3.63) is 23.5 Å². The Morgan fingerprint density at radius 3 is 2.80 bits per heavy atom. The fourth-order valence-electron chi connectivity index (χ4n) is 1.56. The number of rotatable bonds is 3. The molecule has 80 valence electrons. The van der Waals surface area contributed by atoms with Crippen molar-refractivity contribution in [2.75, 3.05) is 5.73 Å². The van der Waals surface area contributed by atoms with E-state index in [1.165, 1.54) is 0 Å². The van der Waals surface area contributed by atoms with Crippen molar-refractivity contribution < 1.29 is 8.94 Å². The van der Waals surface area contributed by atoms with Gasteiger partial charge in [0.2, 0.25) is 5.76 Å². The Balaban J connectivity index is 2.43. The molecule has 2 aromatic rings. The normalized spacial score (nSPS) is 10.8. The Hall–Kier alpha value is -1.71. The molecule has 15 heavy (non-hydrogen) atoms. The van der Waals surface area contributed by atoms with E-state index in [0.717, 1.165) is 24.2 Å². The van der Waals surface area contributed by atoms with Crippen molar-refractivity contribution in [1.82, 2.24) is 5.16 Å². The van der Waals surface area contributed by atoms with Gasteiger partial charge in [0, 0.05) is 5.56 Å². The minimum Gasteiger partial charge on any atom is -0.458 e. The number of furan rings is 1. The highest BCUT2D eigenvalue weighted by molar-refractivity contribution is 5.61. The van der Waals surface area contributed by atoms with Crippen LogP contribution in [0.1, 0.15) is 24.7 Å². The predicted molar refractivity (Wildman–Crippen MR) is 57.3 cm³/mol. The molecule has 0 saturated heterocycles. The topological polar surface area (TPSA) is 65.2 Å². The van der Waals surface area contributed by atoms with Gasteiger partial charge in [-0.1, -0.05) is 18.5 Å². The number of hydrogen-bond acceptors (Lipinski definition) is 4. The molecule has 2 rings (SSSR count). The lowest BCUT2D eigenvalue weighted by molar-refractivity contribution is 0.417. The van der Waals surface area contributed by atoms with Crippen LogP contribution in [0.2, 0.25) is 0 Å². The van der Waals surface area contributed by atoms with E-state index in [2.05, 4.69) is 12.1 Å². The third-order valence-corrected chi connectivity index (χ3v) is 2.28. The zero-order valence-electron chi connectivity index (χ0n) is 8.91. The maximum atomic E-state index is 5.73. The van der Waals surface area contributed by atoms with Gasteiger partial charge in [-0.25, -0.2) is 0 Å². The monoisotopic (exact) mass is 206 g/mol. The van der Waals surface area contributed by atoms with E-state index in [1.807, 2.05) is 19.1 Å². The number of hydrogen-bond donors (Lipinski definition) is 1. The molecule has 0 amide bonds. The fourth-order valence-corrected chi connectivity index (χ4v) is 1.56. The lowest BCUT2D eigenvalue weighted by atomic mass is 10.1. The van der Waals surface area contributed by atoms with Crippen molar-refractivity contribution in [3.63, 3.8) is 0 Å². The third kappa shape index (κ3) is 1.75. The molecule has 2 aromatic heterocycles. The number of nitrogens with zero attached hydrogens (tertiary/aromatic N) is 1. The van der Waals surface area contributed by atoms with Crippen molar-refractivity contribution >= 4 is 5.82 Å². The van der Waals surface area contributed by atoms with Crippen LogP contribution in [-0.4, -0.2) is 5.16 Å². The molecule has 4 nitrogen and oxygen atoms in total. The van der Waals surface area contributed by atoms with E-state index in [9.17, 15) is 0 Å². The molecule has 0 unspecified atom stereocenters. The van der Waals surface area contributed by atoms with Gasteiger partial charge in [0.15, 0.2) is 11.6 Å². The summed E-state index contributed by atoms with van der Waals surface area (Å²) in [5.74, 6) is 2.66. The minimum atomic E-state index is 0.459. The summed E-state index contributed by atoms with van der Waals surface area (Å²) in [5, 5.41) is 3.76. The lowest BCUT2D eigenvalue weighted by Gasteiger charge is -1.96. The maximum Gasteiger partial charge on any atom is 0.207 e. The Bertz CT molecular complexity index is 457. The third-order valence-electron chi connectivity index (χ3n) is 2.28. The molecule has 0 aromatic carbocycles. The largest absolute Gasteiger partial charge is 0.458 e. The summed E-state index contributed by atoms with van der Waals surface area (Å²) in [6.07, 6.45) is 1.85. The van der Waals surface area contributed by atoms with Crippen LogP contribution >= 0.6 is 0 Å². The van der Waals surface area contributed by atoms with Gasteiger partial charge in [-0.15, -0.1) is 0 Å². The maximum absolute atomic E-state index is 5.73. The molecule has 2 heterocycles. The van der Waals surface area contributed by atoms with Crippen molar-refractivity contribution in [2.24, 2.45) is 0 Å². The van der Waals surface area contributed by atoms with E-state index < -0.39 is 0 Å². The molecule has 0 atom stereocenters. The summed E-state index contributed by atoms with van der Waals surface area (Å²) in [6.45, 7) is 3.98. The Morgan fingerprint density at radius 2 is 2.20 bits per heavy atom. The SMILES string of the molecule is CCCc1c(N)noc1-c1ccc(C)o1. The molecule has 0 bridgehead atoms. The van der Waals surface area contributed by atoms with E-state index >= 15 is 0 Å². The predicted octanol–water partition coefficient (Wildman–Crippen LogP) is 2.78. The Morgan fingerprint density at radius 1 is 1.40 bits per heavy atom. The number of anilines is 1. The van der Waals surface area contributed by atoms with Crippen LogP contribution in [0.4, 0.5) is 5.82 Å². The Kier molecular flexibility index (Phi) is 2.49. The van der Waals surface area contributed by atoms with Crippen LogP contribution in [0.25, 0.3) is 11.5 Å². The van der Waals surface area contributed by atoms with E-state index in [4.69, 9.17) is 14.7 Å². The quantitative estimate of drug-likeness (QED) is 0.838. The fraction of sp³-hybridized carbons (Fsp3) is 0.364. The van der Waals surface area contributed by atoms with Crippen LogP contribution in [0.5, 0.6) is 0 Å². The van der Waals surface area contributed by atoms with Gasteiger partial charge < -0.3 is 14.7 Å². The highest BCUT2D eigenvalue weighted by atomic mass is 16.5. The van der Waals surface area contributed by atoms with Crippen molar-refractivity contribution in [3.8, 4) is 11.5 Å². The van der Waals surface area contributed by atoms with Gasteiger partial charge >= 0.3 is 0 Å². The molecule has 0 aliphatic heterocycles. The first-order valence-electron chi connectivity index (χ1n) is 5.03. The average Bonchev–Trinajstić information content (AvgIpc) is 2.76. The molecule has 0 aliphatic rings. The van der Waals surface area contributed by atoms with Crippen LogP contribution in [0, 0.1) is 6.92 Å². The van der Waals surface area contributed by atoms with Crippen LogP contribution in [-0.2, 0) is 6.42 Å². The van der Waals surface area contributed by atoms with Gasteiger partial charge in [0.05, 0.1) is 0 Å². The first-order valence-corrected chi connectivity index (χ1v) is 5.03. The summed E-state index contributed by atoms with van der Waals surface area (Å²) < 4.78 is 10.7. The molecule has 0 radical (unpaired) electrons. The van der Waals surface area contributed by atoms with Crippen LogP contribution < -0.4 is 5.73 Å². The van der Waals surface area contributed by atoms with Gasteiger partial charge in [0.25, 0.3) is 0 Å². The molecule has 0 fully saturated rings. The second-order valence-electron chi connectivity index (χ2n) is 3.54. The number of nitrogens with two attached hydrogens (primary N) is 1. The van der Waals surface area contributed by atoms with Crippen LogP contribution in [0.3, 0.4) is 0 Å². The lowest BCUT2D eigenvalue weighted by Crippen LogP contribution is -1.92. The van der Waals surface area contributed by atoms with Crippen molar-refractivity contribution in [1.29, 1.82) is 0 Å². The van der Waals surface area contributed by atoms with E-state index in [1.54, 1.807) is 0 Å². The zero-order chi connectivity index (χ0) is 10.8. The minimum absolute atomic E-state index is 0.459. The Labute approximate surface area is 88.0 Å². The van der Waals surface area contributed by atoms with Gasteiger partial charge in [-0.05, 0) is 25.5 Å². The molecule has 0 aliphatic carbocycles. The van der Waals surface area contributed by atoms with Crippen LogP contribution in [0.15, 0.2) is 21.1 Å². The van der Waals surface area contributed by atoms with E-state index in [-0.39, 0.29) is 0 Å². The number of aromatic nitrogens is 1. The highest BCUT2D eigenvalue weighted by Gasteiger charge is 2.17. The molecular formula is C11H14N2O2. The summed E-state index contributed by atoms with van der Waals surface area (Å²) in [4.78, 5) is 0. The first-order chi connectivity index (χ1) is 7.22. The van der Waals surface area contributed by atoms with Crippen molar-refractivity contribution in [2.45, 2.75) is 26.7 Å². The zero-order valence-corrected chi connectivity index (χ0v) is 8.91. The molecular weight excluding hydrogens is 192 g/mol. The standard InChI is InChI=1S/C11H14N2O2/c1-3-4-8-10(15-13-11(8)12)9-6-5-7(2)14-9/h5-6H,3-4H2,1-2H3,(H2,12,13). The molecule has 4 heteroatoms. The summed E-state index contributed by atoms with van der Waals surface area (Å²) in [5.41, 5.74) is 6.66. The molecule has 2 N–H and O–H groups in total. The van der Waals surface area contributed by atoms with Gasteiger partial charge in [0.1, 0.15) is 5.76 Å². The van der Waals surface area contributed by atoms with Gasteiger partial charge in [-0.3, -0.25) is 0 Å². The number of aryl methyl sites for hydroxylation is 1. The summed E-state index contributed by atoms with van der Waals surface area (Å²) in [7, 11) is 0. The molecule has 0 saturated carbocycles. The summed E-state index contributed by atoms with van der Waals surface area (Å²) in [6, 6.07) is 3.76. The second-order valence-corrected chi connectivity index (χ2v) is 3.54. The average molecular weight is 206 g/mol. The first kappa shape index (κ1) is 9.83.